The second kappa shape index (κ2) is 6.52. The average molecular weight is 285 g/mol. The molecule has 1 aromatic rings. The Labute approximate surface area is 117 Å². The van der Waals surface area contributed by atoms with Crippen LogP contribution in [-0.2, 0) is 0 Å². The maximum Gasteiger partial charge on any atom is 0.282 e. The number of benzene rings is 1. The van der Waals surface area contributed by atoms with E-state index in [-0.39, 0.29) is 23.2 Å². The first-order chi connectivity index (χ1) is 8.86. The topological polar surface area (TPSA) is 72.2 Å². The first-order valence-corrected chi connectivity index (χ1v) is 6.49. The van der Waals surface area contributed by atoms with Crippen molar-refractivity contribution in [2.24, 2.45) is 5.92 Å². The predicted molar refractivity (Wildman–Crippen MR) is 74.5 cm³/mol. The fourth-order valence-corrected chi connectivity index (χ4v) is 2.01. The third-order valence-corrected chi connectivity index (χ3v) is 3.20. The Morgan fingerprint density at radius 3 is 2.58 bits per heavy atom. The number of hydrogen-bond acceptors (Lipinski definition) is 3. The lowest BCUT2D eigenvalue weighted by Crippen LogP contribution is -2.38. The van der Waals surface area contributed by atoms with Crippen LogP contribution in [0.1, 0.15) is 37.6 Å². The van der Waals surface area contributed by atoms with Crippen LogP contribution in [0.25, 0.3) is 0 Å². The minimum absolute atomic E-state index is 0.00315. The highest BCUT2D eigenvalue weighted by atomic mass is 35.5. The van der Waals surface area contributed by atoms with Gasteiger partial charge in [0.1, 0.15) is 5.56 Å². The van der Waals surface area contributed by atoms with Gasteiger partial charge in [-0.3, -0.25) is 14.9 Å². The van der Waals surface area contributed by atoms with Gasteiger partial charge in [-0.05, 0) is 24.5 Å². The zero-order valence-corrected chi connectivity index (χ0v) is 11.9. The molecule has 0 fully saturated rings. The third-order valence-electron chi connectivity index (χ3n) is 2.96. The molecule has 1 unspecified atom stereocenters. The van der Waals surface area contributed by atoms with Crippen molar-refractivity contribution < 1.29 is 9.72 Å². The highest BCUT2D eigenvalue weighted by Gasteiger charge is 2.23. The molecule has 104 valence electrons. The standard InChI is InChI=1S/C13H17ClN2O3/c1-4-11(8(2)3)15-13(17)10-7-9(14)5-6-12(10)16(18)19/h5-8,11H,4H2,1-3H3,(H,15,17). The predicted octanol–water partition coefficient (Wildman–Crippen LogP) is 3.41. The Hall–Kier alpha value is -1.62. The Bertz CT molecular complexity index is 489. The van der Waals surface area contributed by atoms with Crippen molar-refractivity contribution in [3.05, 3.63) is 38.9 Å². The van der Waals surface area contributed by atoms with Crippen molar-refractivity contribution in [2.75, 3.05) is 0 Å². The van der Waals surface area contributed by atoms with Crippen molar-refractivity contribution in [1.82, 2.24) is 5.32 Å². The number of nitro benzene ring substituents is 1. The fourth-order valence-electron chi connectivity index (χ4n) is 1.84. The molecule has 0 aliphatic heterocycles. The van der Waals surface area contributed by atoms with Crippen LogP contribution in [0.2, 0.25) is 5.02 Å². The zero-order chi connectivity index (χ0) is 14.6. The molecule has 19 heavy (non-hydrogen) atoms. The number of hydrogen-bond donors (Lipinski definition) is 1. The summed E-state index contributed by atoms with van der Waals surface area (Å²) in [6.45, 7) is 5.93. The largest absolute Gasteiger partial charge is 0.349 e. The SMILES string of the molecule is CCC(NC(=O)c1cc(Cl)ccc1[N+](=O)[O-])C(C)C. The quantitative estimate of drug-likeness (QED) is 0.665. The molecular weight excluding hydrogens is 268 g/mol. The molecular formula is C13H17ClN2O3. The van der Waals surface area contributed by atoms with E-state index in [0.29, 0.717) is 5.02 Å². The number of carbonyl (C=O) groups excluding carboxylic acids is 1. The van der Waals surface area contributed by atoms with Crippen LogP contribution in [0.3, 0.4) is 0 Å². The smallest absolute Gasteiger partial charge is 0.282 e. The minimum atomic E-state index is -0.582. The molecule has 0 spiro atoms. The van der Waals surface area contributed by atoms with Gasteiger partial charge in [-0.25, -0.2) is 0 Å². The van der Waals surface area contributed by atoms with E-state index in [9.17, 15) is 14.9 Å². The molecule has 0 bridgehead atoms. The van der Waals surface area contributed by atoms with Gasteiger partial charge in [0.15, 0.2) is 0 Å². The summed E-state index contributed by atoms with van der Waals surface area (Å²) in [5.41, 5.74) is -0.239. The Morgan fingerprint density at radius 2 is 2.11 bits per heavy atom. The Morgan fingerprint density at radius 1 is 1.47 bits per heavy atom. The van der Waals surface area contributed by atoms with Gasteiger partial charge < -0.3 is 5.32 Å². The van der Waals surface area contributed by atoms with Crippen LogP contribution < -0.4 is 5.32 Å². The molecule has 1 aromatic carbocycles. The van der Waals surface area contributed by atoms with Gasteiger partial charge in [-0.1, -0.05) is 32.4 Å². The van der Waals surface area contributed by atoms with Crippen LogP contribution in [0.4, 0.5) is 5.69 Å². The fraction of sp³-hybridized carbons (Fsp3) is 0.462. The summed E-state index contributed by atoms with van der Waals surface area (Å²) in [6, 6.07) is 3.94. The van der Waals surface area contributed by atoms with Gasteiger partial charge in [0, 0.05) is 17.1 Å². The summed E-state index contributed by atoms with van der Waals surface area (Å²) in [5, 5.41) is 14.0. The summed E-state index contributed by atoms with van der Waals surface area (Å²) in [7, 11) is 0. The summed E-state index contributed by atoms with van der Waals surface area (Å²) >= 11 is 5.80. The number of nitrogens with one attached hydrogen (secondary N) is 1. The van der Waals surface area contributed by atoms with Gasteiger partial charge in [-0.15, -0.1) is 0 Å². The van der Waals surface area contributed by atoms with Crippen molar-refractivity contribution in [1.29, 1.82) is 0 Å². The van der Waals surface area contributed by atoms with Crippen molar-refractivity contribution in [3.63, 3.8) is 0 Å². The lowest BCUT2D eigenvalue weighted by molar-refractivity contribution is -0.385. The normalized spacial score (nSPS) is 12.3. The summed E-state index contributed by atoms with van der Waals surface area (Å²) in [5.74, 6) is -0.207. The molecule has 0 heterocycles. The number of amides is 1. The maximum absolute atomic E-state index is 12.1. The average Bonchev–Trinajstić information content (AvgIpc) is 2.34. The molecule has 1 rings (SSSR count). The zero-order valence-electron chi connectivity index (χ0n) is 11.1. The number of nitro groups is 1. The van der Waals surface area contributed by atoms with E-state index in [0.717, 1.165) is 6.42 Å². The van der Waals surface area contributed by atoms with Crippen molar-refractivity contribution in [3.8, 4) is 0 Å². The number of rotatable bonds is 5. The van der Waals surface area contributed by atoms with Crippen molar-refractivity contribution >= 4 is 23.2 Å². The highest BCUT2D eigenvalue weighted by Crippen LogP contribution is 2.23. The van der Waals surface area contributed by atoms with Crippen LogP contribution in [0.5, 0.6) is 0 Å². The third kappa shape index (κ3) is 3.92. The van der Waals surface area contributed by atoms with Crippen LogP contribution in [-0.4, -0.2) is 16.9 Å². The van der Waals surface area contributed by atoms with E-state index in [2.05, 4.69) is 5.32 Å². The lowest BCUT2D eigenvalue weighted by atomic mass is 10.0. The molecule has 5 nitrogen and oxygen atoms in total. The Balaban J connectivity index is 3.05. The number of nitrogens with zero attached hydrogens (tertiary/aromatic N) is 1. The van der Waals surface area contributed by atoms with E-state index in [1.807, 2.05) is 20.8 Å². The molecule has 0 aromatic heterocycles. The van der Waals surface area contributed by atoms with Gasteiger partial charge in [-0.2, -0.15) is 0 Å². The maximum atomic E-state index is 12.1. The van der Waals surface area contributed by atoms with Gasteiger partial charge in [0.05, 0.1) is 4.92 Å². The summed E-state index contributed by atoms with van der Waals surface area (Å²) in [4.78, 5) is 22.4. The monoisotopic (exact) mass is 284 g/mol. The first kappa shape index (κ1) is 15.4. The molecule has 0 saturated heterocycles. The van der Waals surface area contributed by atoms with Crippen LogP contribution >= 0.6 is 11.6 Å². The molecule has 0 aliphatic carbocycles. The second-order valence-electron chi connectivity index (χ2n) is 4.65. The minimum Gasteiger partial charge on any atom is -0.349 e. The second-order valence-corrected chi connectivity index (χ2v) is 5.09. The van der Waals surface area contributed by atoms with Crippen molar-refractivity contribution in [2.45, 2.75) is 33.2 Å². The van der Waals surface area contributed by atoms with Crippen LogP contribution in [0.15, 0.2) is 18.2 Å². The summed E-state index contributed by atoms with van der Waals surface area (Å²) < 4.78 is 0. The Kier molecular flexibility index (Phi) is 5.30. The highest BCUT2D eigenvalue weighted by molar-refractivity contribution is 6.31. The van der Waals surface area contributed by atoms with E-state index < -0.39 is 10.8 Å². The van der Waals surface area contributed by atoms with E-state index >= 15 is 0 Å². The molecule has 0 aliphatic rings. The molecule has 6 heteroatoms. The van der Waals surface area contributed by atoms with Gasteiger partial charge in [0.2, 0.25) is 0 Å². The lowest BCUT2D eigenvalue weighted by Gasteiger charge is -2.20. The molecule has 0 radical (unpaired) electrons. The van der Waals surface area contributed by atoms with Crippen LogP contribution in [0, 0.1) is 16.0 Å². The summed E-state index contributed by atoms with van der Waals surface area (Å²) in [6.07, 6.45) is 0.762. The van der Waals surface area contributed by atoms with E-state index in [1.165, 1.54) is 18.2 Å². The van der Waals surface area contributed by atoms with E-state index in [4.69, 9.17) is 11.6 Å². The molecule has 1 atom stereocenters. The molecule has 1 N–H and O–H groups in total. The number of carbonyl (C=O) groups is 1. The molecule has 1 amide bonds. The first-order valence-electron chi connectivity index (χ1n) is 6.11. The van der Waals surface area contributed by atoms with Gasteiger partial charge in [0.25, 0.3) is 11.6 Å². The van der Waals surface area contributed by atoms with Gasteiger partial charge >= 0.3 is 0 Å². The molecule has 0 saturated carbocycles. The van der Waals surface area contributed by atoms with E-state index in [1.54, 1.807) is 0 Å². The number of halogens is 1.